The summed E-state index contributed by atoms with van der Waals surface area (Å²) in [5.41, 5.74) is 0.780. The van der Waals surface area contributed by atoms with Crippen molar-refractivity contribution in [2.75, 3.05) is 24.7 Å². The van der Waals surface area contributed by atoms with Crippen LogP contribution in [0.5, 0.6) is 11.5 Å². The van der Waals surface area contributed by atoms with Gasteiger partial charge in [0.2, 0.25) is 5.95 Å². The van der Waals surface area contributed by atoms with E-state index in [-0.39, 0.29) is 11.8 Å². The molecule has 2 unspecified atom stereocenters. The molecule has 1 saturated heterocycles. The van der Waals surface area contributed by atoms with E-state index in [1.54, 1.807) is 36.7 Å². The second-order valence-electron chi connectivity index (χ2n) is 6.98. The summed E-state index contributed by atoms with van der Waals surface area (Å²) in [4.78, 5) is 8.98. The van der Waals surface area contributed by atoms with Crippen molar-refractivity contribution in [1.29, 1.82) is 0 Å². The third-order valence-corrected chi connectivity index (χ3v) is 6.34. The number of nitrogens with one attached hydrogen (secondary N) is 1. The summed E-state index contributed by atoms with van der Waals surface area (Å²) in [5, 5.41) is 4.94. The van der Waals surface area contributed by atoms with E-state index in [4.69, 9.17) is 4.74 Å². The van der Waals surface area contributed by atoms with E-state index in [9.17, 15) is 8.60 Å². The van der Waals surface area contributed by atoms with Gasteiger partial charge in [0, 0.05) is 37.0 Å². The molecule has 6 nitrogen and oxygen atoms in total. The zero-order valence-corrected chi connectivity index (χ0v) is 19.9. The highest BCUT2D eigenvalue weighted by Gasteiger charge is 2.21. The quantitative estimate of drug-likeness (QED) is 0.574. The first-order valence-electron chi connectivity index (χ1n) is 10.3. The summed E-state index contributed by atoms with van der Waals surface area (Å²) in [6.07, 6.45) is 5.24. The lowest BCUT2D eigenvalue weighted by Gasteiger charge is -2.30. The number of nitrogens with zero attached hydrogens (tertiary/aromatic N) is 3. The van der Waals surface area contributed by atoms with Crippen LogP contribution in [0.15, 0.2) is 42.6 Å². The van der Waals surface area contributed by atoms with Gasteiger partial charge in [0.25, 0.3) is 0 Å². The standard InChI is InChI=1S/C20H22FN4O2PS.C2H6/c1-29(26)25-8-6-14(7-9-25)23-20-22-12-13-10-15(2-4-18(13)24-20)27-19-5-3-16(28)11-17(19)21;1-2/h2-5,10-12,14H,6-9,28H2,1H3,(H,22,23,24);1-2H3. The number of hydrogen-bond donors (Lipinski definition) is 1. The third-order valence-electron chi connectivity index (χ3n) is 4.89. The molecule has 2 heterocycles. The van der Waals surface area contributed by atoms with Crippen molar-refractivity contribution in [2.45, 2.75) is 32.7 Å². The summed E-state index contributed by atoms with van der Waals surface area (Å²) >= 11 is 0. The number of fused-ring (bicyclic) bond motifs is 1. The van der Waals surface area contributed by atoms with Gasteiger partial charge >= 0.3 is 0 Å². The van der Waals surface area contributed by atoms with E-state index in [2.05, 4.69) is 24.5 Å². The van der Waals surface area contributed by atoms with Crippen molar-refractivity contribution < 1.29 is 13.3 Å². The Morgan fingerprint density at radius 2 is 1.94 bits per heavy atom. The summed E-state index contributed by atoms with van der Waals surface area (Å²) in [5.74, 6) is 0.863. The smallest absolute Gasteiger partial charge is 0.223 e. The Bertz CT molecular complexity index is 1060. The lowest BCUT2D eigenvalue weighted by molar-refractivity contribution is 0.346. The fraction of sp³-hybridized carbons (Fsp3) is 0.364. The highest BCUT2D eigenvalue weighted by molar-refractivity contribution is 7.81. The van der Waals surface area contributed by atoms with Gasteiger partial charge in [-0.3, -0.25) is 0 Å². The molecule has 3 aromatic rings. The number of benzene rings is 2. The van der Waals surface area contributed by atoms with Crippen LogP contribution in [-0.2, 0) is 11.0 Å². The van der Waals surface area contributed by atoms with Gasteiger partial charge in [-0.25, -0.2) is 22.9 Å². The Balaban J connectivity index is 0.00000132. The van der Waals surface area contributed by atoms with Crippen molar-refractivity contribution in [3.05, 3.63) is 48.4 Å². The minimum atomic E-state index is -0.914. The first-order valence-corrected chi connectivity index (χ1v) is 12.4. The number of piperidine rings is 1. The molecule has 0 aliphatic carbocycles. The number of aromatic nitrogens is 2. The normalized spacial score (nSPS) is 15.8. The predicted octanol–water partition coefficient (Wildman–Crippen LogP) is 4.26. The van der Waals surface area contributed by atoms with Crippen molar-refractivity contribution in [3.63, 3.8) is 0 Å². The molecule has 1 aromatic heterocycles. The molecule has 0 amide bonds. The maximum atomic E-state index is 14.0. The van der Waals surface area contributed by atoms with Gasteiger partial charge < -0.3 is 10.1 Å². The Morgan fingerprint density at radius 1 is 1.19 bits per heavy atom. The van der Waals surface area contributed by atoms with Crippen LogP contribution in [-0.4, -0.2) is 43.9 Å². The molecule has 1 aliphatic heterocycles. The summed E-state index contributed by atoms with van der Waals surface area (Å²) < 4.78 is 33.2. The highest BCUT2D eigenvalue weighted by atomic mass is 32.2. The second kappa shape index (κ2) is 10.9. The summed E-state index contributed by atoms with van der Waals surface area (Å²) in [6, 6.07) is 10.4. The maximum Gasteiger partial charge on any atom is 0.223 e. The van der Waals surface area contributed by atoms with Crippen molar-refractivity contribution in [1.82, 2.24) is 14.3 Å². The van der Waals surface area contributed by atoms with Crippen LogP contribution >= 0.6 is 9.24 Å². The minimum Gasteiger partial charge on any atom is -0.454 e. The van der Waals surface area contributed by atoms with Crippen LogP contribution in [0.25, 0.3) is 10.9 Å². The number of ether oxygens (including phenoxy) is 1. The molecule has 9 heteroatoms. The molecule has 166 valence electrons. The first-order chi connectivity index (χ1) is 15.0. The molecule has 0 saturated carbocycles. The number of hydrogen-bond acceptors (Lipinski definition) is 5. The van der Waals surface area contributed by atoms with Gasteiger partial charge in [-0.05, 0) is 48.5 Å². The molecular weight excluding hydrogens is 434 g/mol. The van der Waals surface area contributed by atoms with Gasteiger partial charge in [0.15, 0.2) is 11.6 Å². The highest BCUT2D eigenvalue weighted by Crippen LogP contribution is 2.27. The monoisotopic (exact) mass is 462 g/mol. The van der Waals surface area contributed by atoms with Crippen molar-refractivity contribution >= 4 is 42.4 Å². The van der Waals surface area contributed by atoms with Crippen molar-refractivity contribution in [2.24, 2.45) is 0 Å². The van der Waals surface area contributed by atoms with Crippen molar-refractivity contribution in [3.8, 4) is 11.5 Å². The number of halogens is 1. The van der Waals surface area contributed by atoms with Crippen LogP contribution < -0.4 is 15.4 Å². The molecule has 4 rings (SSSR count). The Labute approximate surface area is 187 Å². The van der Waals surface area contributed by atoms with Gasteiger partial charge in [0.1, 0.15) is 5.75 Å². The third kappa shape index (κ3) is 6.19. The average molecular weight is 463 g/mol. The van der Waals surface area contributed by atoms with Gasteiger partial charge in [-0.2, -0.15) is 0 Å². The Morgan fingerprint density at radius 3 is 2.61 bits per heavy atom. The lowest BCUT2D eigenvalue weighted by Crippen LogP contribution is -2.39. The Kier molecular flexibility index (Phi) is 8.29. The minimum absolute atomic E-state index is 0.175. The van der Waals surface area contributed by atoms with Gasteiger partial charge in [0.05, 0.1) is 16.5 Å². The van der Waals surface area contributed by atoms with Crippen LogP contribution in [0, 0.1) is 5.82 Å². The molecular formula is C22H28FN4O2PS. The molecule has 2 atom stereocenters. The van der Waals surface area contributed by atoms with Crippen LogP contribution in [0.1, 0.15) is 26.7 Å². The number of anilines is 1. The molecule has 1 N–H and O–H groups in total. The summed E-state index contributed by atoms with van der Waals surface area (Å²) in [7, 11) is 1.54. The molecule has 0 bridgehead atoms. The predicted molar refractivity (Wildman–Crippen MR) is 129 cm³/mol. The first kappa shape index (κ1) is 23.5. The van der Waals surface area contributed by atoms with E-state index >= 15 is 0 Å². The van der Waals surface area contributed by atoms with E-state index in [0.29, 0.717) is 11.7 Å². The molecule has 31 heavy (non-hydrogen) atoms. The molecule has 1 fully saturated rings. The van der Waals surface area contributed by atoms with Gasteiger partial charge in [-0.15, -0.1) is 9.24 Å². The average Bonchev–Trinajstić information content (AvgIpc) is 2.77. The fourth-order valence-corrected chi connectivity index (χ4v) is 4.28. The maximum absolute atomic E-state index is 14.0. The zero-order chi connectivity index (χ0) is 22.4. The van der Waals surface area contributed by atoms with E-state index in [0.717, 1.165) is 42.1 Å². The summed E-state index contributed by atoms with van der Waals surface area (Å²) in [6.45, 7) is 5.59. The van der Waals surface area contributed by atoms with E-state index < -0.39 is 16.8 Å². The van der Waals surface area contributed by atoms with Crippen LogP contribution in [0.4, 0.5) is 10.3 Å². The van der Waals surface area contributed by atoms with Gasteiger partial charge in [-0.1, -0.05) is 19.9 Å². The SMILES string of the molecule is CC.CS(=O)N1CCC(Nc2ncc3cc(Oc4ccc(P)cc4F)ccc3n2)CC1. The molecule has 0 spiro atoms. The zero-order valence-electron chi connectivity index (χ0n) is 18.0. The van der Waals surface area contributed by atoms with Crippen LogP contribution in [0.3, 0.4) is 0 Å². The topological polar surface area (TPSA) is 67.4 Å². The number of rotatable bonds is 5. The molecule has 1 aliphatic rings. The lowest BCUT2D eigenvalue weighted by atomic mass is 10.1. The fourth-order valence-electron chi connectivity index (χ4n) is 3.31. The molecule has 0 radical (unpaired) electrons. The second-order valence-corrected chi connectivity index (χ2v) is 9.01. The molecule has 2 aromatic carbocycles. The van der Waals surface area contributed by atoms with E-state index in [1.165, 1.54) is 6.07 Å². The van der Waals surface area contributed by atoms with E-state index in [1.807, 2.05) is 24.2 Å². The Hall–Kier alpha value is -2.15. The largest absolute Gasteiger partial charge is 0.454 e. The van der Waals surface area contributed by atoms with Crippen LogP contribution in [0.2, 0.25) is 0 Å².